The summed E-state index contributed by atoms with van der Waals surface area (Å²) in [6, 6.07) is 21.7. The third-order valence-electron chi connectivity index (χ3n) is 5.43. The number of para-hydroxylation sites is 1. The highest BCUT2D eigenvalue weighted by Gasteiger charge is 2.16. The Balaban J connectivity index is 1.31. The number of fused-ring (bicyclic) bond motifs is 1. The fraction of sp³-hybridized carbons (Fsp3) is 0.231. The fourth-order valence-corrected chi connectivity index (χ4v) is 5.90. The molecule has 0 bridgehead atoms. The number of aryl methyl sites for hydroxylation is 2. The third-order valence-corrected chi connectivity index (χ3v) is 7.96. The van der Waals surface area contributed by atoms with Crippen LogP contribution >= 0.6 is 23.1 Å². The molecule has 0 saturated carbocycles. The molecule has 0 saturated heterocycles. The number of rotatable bonds is 8. The predicted molar refractivity (Wildman–Crippen MR) is 135 cm³/mol. The van der Waals surface area contributed by atoms with Crippen molar-refractivity contribution in [3.05, 3.63) is 84.2 Å². The topological polar surface area (TPSA) is 11.0 Å². The van der Waals surface area contributed by atoms with Crippen molar-refractivity contribution in [3.63, 3.8) is 0 Å². The molecular weight excluding hydrogens is 418 g/mol. The molecule has 2 heterocycles. The normalized spacial score (nSPS) is 11.5. The summed E-state index contributed by atoms with van der Waals surface area (Å²) in [6.07, 6.45) is 8.58. The van der Waals surface area contributed by atoms with E-state index >= 15 is 0 Å². The van der Waals surface area contributed by atoms with Gasteiger partial charge in [-0.2, -0.15) is 4.57 Å². The number of nitrogens with zero attached hydrogens (tertiary/aromatic N) is 3. The van der Waals surface area contributed by atoms with Crippen molar-refractivity contribution in [2.24, 2.45) is 7.05 Å². The van der Waals surface area contributed by atoms with Gasteiger partial charge < -0.3 is 4.90 Å². The van der Waals surface area contributed by atoms with Crippen molar-refractivity contribution in [2.45, 2.75) is 17.8 Å². The molecule has 31 heavy (non-hydrogen) atoms. The highest BCUT2D eigenvalue weighted by Crippen LogP contribution is 2.27. The molecule has 0 radical (unpaired) electrons. The van der Waals surface area contributed by atoms with Gasteiger partial charge in [0.2, 0.25) is 5.52 Å². The number of hydrogen-bond acceptors (Lipinski definition) is 3. The van der Waals surface area contributed by atoms with Crippen LogP contribution in [0.2, 0.25) is 0 Å². The number of hydrogen-bond donors (Lipinski definition) is 0. The van der Waals surface area contributed by atoms with Gasteiger partial charge in [-0.15, -0.1) is 0 Å². The average Bonchev–Trinajstić information content (AvgIpc) is 3.14. The highest BCUT2D eigenvalue weighted by atomic mass is 32.2. The van der Waals surface area contributed by atoms with Crippen LogP contribution in [0.5, 0.6) is 0 Å². The predicted octanol–water partition coefficient (Wildman–Crippen LogP) is 5.43. The molecular formula is C26H29N3S2+2. The van der Waals surface area contributed by atoms with Gasteiger partial charge in [0.05, 0.1) is 0 Å². The van der Waals surface area contributed by atoms with Crippen molar-refractivity contribution in [3.8, 4) is 0 Å². The van der Waals surface area contributed by atoms with E-state index in [2.05, 4.69) is 120 Å². The second kappa shape index (κ2) is 10.1. The summed E-state index contributed by atoms with van der Waals surface area (Å²) >= 11 is 3.81. The Morgan fingerprint density at radius 1 is 0.935 bits per heavy atom. The maximum absolute atomic E-state index is 2.33. The summed E-state index contributed by atoms with van der Waals surface area (Å²) < 4.78 is 7.19. The van der Waals surface area contributed by atoms with Crippen molar-refractivity contribution in [1.29, 1.82) is 0 Å². The molecule has 5 heteroatoms. The second-order valence-electron chi connectivity index (χ2n) is 7.55. The first-order valence-electron chi connectivity index (χ1n) is 10.6. The van der Waals surface area contributed by atoms with Crippen molar-refractivity contribution in [1.82, 2.24) is 0 Å². The summed E-state index contributed by atoms with van der Waals surface area (Å²) in [5, 5.41) is 0. The minimum absolute atomic E-state index is 1.00. The van der Waals surface area contributed by atoms with Crippen molar-refractivity contribution < 1.29 is 9.13 Å². The average molecular weight is 448 g/mol. The number of thioether (sulfide) groups is 1. The van der Waals surface area contributed by atoms with Crippen LogP contribution in [0.3, 0.4) is 0 Å². The van der Waals surface area contributed by atoms with Gasteiger partial charge >= 0.3 is 0 Å². The lowest BCUT2D eigenvalue weighted by atomic mass is 10.1. The number of benzene rings is 2. The Labute approximate surface area is 193 Å². The van der Waals surface area contributed by atoms with E-state index in [9.17, 15) is 0 Å². The molecule has 0 N–H and O–H groups in total. The lowest BCUT2D eigenvalue weighted by molar-refractivity contribution is -0.693. The van der Waals surface area contributed by atoms with Crippen LogP contribution in [0.15, 0.2) is 77.4 Å². The SMILES string of the molecule is CC[n+]1ccc(/C=C/c2ccc(N(C)CCSc3sc4ccccc4[n+]3C)cc2)cc1. The molecule has 3 nitrogen and oxygen atoms in total. The van der Waals surface area contributed by atoms with Gasteiger partial charge in [-0.25, -0.2) is 4.57 Å². The Bertz CT molecular complexity index is 1160. The molecule has 2 aromatic carbocycles. The molecule has 0 aliphatic carbocycles. The number of thiazole rings is 1. The lowest BCUT2D eigenvalue weighted by Crippen LogP contribution is -2.30. The van der Waals surface area contributed by atoms with E-state index in [-0.39, 0.29) is 0 Å². The van der Waals surface area contributed by atoms with Crippen LogP contribution in [0.1, 0.15) is 18.1 Å². The molecule has 0 fully saturated rings. The Morgan fingerprint density at radius 3 is 2.29 bits per heavy atom. The van der Waals surface area contributed by atoms with E-state index in [1.54, 1.807) is 0 Å². The molecule has 4 aromatic rings. The maximum atomic E-state index is 2.33. The summed E-state index contributed by atoms with van der Waals surface area (Å²) in [4.78, 5) is 2.33. The van der Waals surface area contributed by atoms with Gasteiger partial charge in [0.15, 0.2) is 12.4 Å². The molecule has 0 atom stereocenters. The standard InChI is InChI=1S/C26H29N3S2/c1-4-29-17-15-22(16-18-29)10-9-21-11-13-23(14-12-21)27(2)19-20-30-26-28(3)24-7-5-6-8-25(24)31-26/h5-18H,4,19-20H2,1-3H3/q+2. The molecule has 0 aliphatic heterocycles. The Kier molecular flexibility index (Phi) is 7.05. The number of pyridine rings is 1. The fourth-order valence-electron chi connectivity index (χ4n) is 3.43. The molecule has 0 amide bonds. The van der Waals surface area contributed by atoms with E-state index in [4.69, 9.17) is 0 Å². The first kappa shape index (κ1) is 21.6. The van der Waals surface area contributed by atoms with Crippen LogP contribution in [-0.4, -0.2) is 19.3 Å². The van der Waals surface area contributed by atoms with Gasteiger partial charge in [-0.1, -0.05) is 47.8 Å². The zero-order chi connectivity index (χ0) is 21.6. The Hall–Kier alpha value is -2.63. The molecule has 2 aromatic heterocycles. The van der Waals surface area contributed by atoms with Crippen LogP contribution < -0.4 is 14.0 Å². The van der Waals surface area contributed by atoms with E-state index in [1.165, 1.54) is 31.4 Å². The van der Waals surface area contributed by atoms with Gasteiger partial charge in [-0.3, -0.25) is 0 Å². The zero-order valence-electron chi connectivity index (χ0n) is 18.4. The molecule has 0 spiro atoms. The molecule has 0 unspecified atom stereocenters. The quantitative estimate of drug-likeness (QED) is 0.263. The number of anilines is 1. The van der Waals surface area contributed by atoms with Gasteiger partial charge in [0.25, 0.3) is 4.34 Å². The first-order chi connectivity index (χ1) is 15.1. The molecule has 0 aliphatic rings. The largest absolute Gasteiger partial charge is 0.374 e. The van der Waals surface area contributed by atoms with Gasteiger partial charge in [-0.05, 0) is 48.0 Å². The Morgan fingerprint density at radius 2 is 1.61 bits per heavy atom. The van der Waals surface area contributed by atoms with Crippen molar-refractivity contribution >= 4 is 51.2 Å². The third kappa shape index (κ3) is 5.35. The zero-order valence-corrected chi connectivity index (χ0v) is 20.0. The maximum Gasteiger partial charge on any atom is 0.298 e. The molecule has 4 rings (SSSR count). The van der Waals surface area contributed by atoms with E-state index in [0.717, 1.165) is 18.8 Å². The van der Waals surface area contributed by atoms with E-state index in [1.807, 2.05) is 23.1 Å². The smallest absolute Gasteiger partial charge is 0.298 e. The minimum atomic E-state index is 1.00. The van der Waals surface area contributed by atoms with Crippen molar-refractivity contribution in [2.75, 3.05) is 24.2 Å². The summed E-state index contributed by atoms with van der Waals surface area (Å²) in [5.41, 5.74) is 5.00. The van der Waals surface area contributed by atoms with E-state index in [0.29, 0.717) is 0 Å². The first-order valence-corrected chi connectivity index (χ1v) is 12.4. The van der Waals surface area contributed by atoms with Gasteiger partial charge in [0, 0.05) is 43.2 Å². The van der Waals surface area contributed by atoms with Crippen LogP contribution in [0.4, 0.5) is 5.69 Å². The van der Waals surface area contributed by atoms with Crippen LogP contribution in [0, 0.1) is 0 Å². The van der Waals surface area contributed by atoms with Crippen LogP contribution in [0.25, 0.3) is 22.4 Å². The molecule has 158 valence electrons. The summed E-state index contributed by atoms with van der Waals surface area (Å²) in [7, 11) is 4.33. The summed E-state index contributed by atoms with van der Waals surface area (Å²) in [5.74, 6) is 1.06. The van der Waals surface area contributed by atoms with Crippen LogP contribution in [-0.2, 0) is 13.6 Å². The lowest BCUT2D eigenvalue weighted by Gasteiger charge is -2.18. The summed E-state index contributed by atoms with van der Waals surface area (Å²) in [6.45, 7) is 4.16. The van der Waals surface area contributed by atoms with Gasteiger partial charge in [0.1, 0.15) is 18.3 Å². The number of aromatic nitrogens is 2. The second-order valence-corrected chi connectivity index (χ2v) is 9.92. The van der Waals surface area contributed by atoms with E-state index < -0.39 is 0 Å². The highest BCUT2D eigenvalue weighted by molar-refractivity contribution is 8.01. The monoisotopic (exact) mass is 447 g/mol. The minimum Gasteiger partial charge on any atom is -0.374 e.